The maximum absolute atomic E-state index is 14.0. The Morgan fingerprint density at radius 3 is 2.47 bits per heavy atom. The minimum absolute atomic E-state index is 0.106. The fraction of sp³-hybridized carbons (Fsp3) is 0.583. The highest BCUT2D eigenvalue weighted by Gasteiger charge is 2.45. The number of hydrogen-bond donors (Lipinski definition) is 1. The van der Waals surface area contributed by atoms with Gasteiger partial charge in [-0.2, -0.15) is 0 Å². The fourth-order valence-electron chi connectivity index (χ4n) is 6.44. The standard InChI is InChI=1S/C24H27F3N4O/c25-16-8-19(24(27)20(26)9-16)21-2-4-23(30-29-21)28-17-5-13-10-31(11-14(13)6-17)12-15-7-18-1-3-22(15)32-18/h2,4,8-9,13-15,17-18,22H,1,3,5-7,10-12H2,(H,28,30)/t13-,14+,15-,17-,18?,22?/m0/s1. The average molecular weight is 445 g/mol. The molecule has 4 heterocycles. The van der Waals surface area contributed by atoms with Crippen LogP contribution in [-0.2, 0) is 4.74 Å². The second-order valence-corrected chi connectivity index (χ2v) is 9.97. The van der Waals surface area contributed by atoms with E-state index in [0.717, 1.165) is 32.0 Å². The Kier molecular flexibility index (Phi) is 5.10. The SMILES string of the molecule is Fc1cc(F)c(F)c(-c2ccc(N[C@@H]3C[C@@H]4CN(C[C@@H]5CC6CCC5O6)C[C@@H]4C3)nn2)c1. The van der Waals surface area contributed by atoms with E-state index >= 15 is 0 Å². The Bertz CT molecular complexity index is 989. The van der Waals surface area contributed by atoms with Crippen molar-refractivity contribution in [1.82, 2.24) is 15.1 Å². The van der Waals surface area contributed by atoms with Crippen LogP contribution >= 0.6 is 0 Å². The van der Waals surface area contributed by atoms with Crippen molar-refractivity contribution in [3.8, 4) is 11.3 Å². The molecule has 2 aromatic rings. The first kappa shape index (κ1) is 20.4. The van der Waals surface area contributed by atoms with Gasteiger partial charge in [0.25, 0.3) is 0 Å². The Balaban J connectivity index is 1.04. The monoisotopic (exact) mass is 444 g/mol. The van der Waals surface area contributed by atoms with Crippen molar-refractivity contribution in [3.05, 3.63) is 41.7 Å². The number of rotatable bonds is 5. The van der Waals surface area contributed by atoms with E-state index in [1.54, 1.807) is 12.1 Å². The molecule has 0 radical (unpaired) electrons. The lowest BCUT2D eigenvalue weighted by atomic mass is 9.89. The van der Waals surface area contributed by atoms with Crippen LogP contribution in [0.2, 0.25) is 0 Å². The average Bonchev–Trinajstić information content (AvgIpc) is 3.53. The van der Waals surface area contributed by atoms with Gasteiger partial charge >= 0.3 is 0 Å². The minimum atomic E-state index is -1.23. The molecule has 3 saturated heterocycles. The molecule has 4 fully saturated rings. The number of anilines is 1. The third-order valence-corrected chi connectivity index (χ3v) is 7.84. The van der Waals surface area contributed by atoms with E-state index in [4.69, 9.17) is 4.74 Å². The molecule has 1 aromatic carbocycles. The zero-order chi connectivity index (χ0) is 21.8. The Morgan fingerprint density at radius 1 is 1.00 bits per heavy atom. The molecule has 2 bridgehead atoms. The van der Waals surface area contributed by atoms with Gasteiger partial charge in [0.15, 0.2) is 11.6 Å². The van der Waals surface area contributed by atoms with Crippen LogP contribution in [0.25, 0.3) is 11.3 Å². The van der Waals surface area contributed by atoms with Crippen LogP contribution in [0.3, 0.4) is 0 Å². The van der Waals surface area contributed by atoms with Gasteiger partial charge in [-0.15, -0.1) is 10.2 Å². The van der Waals surface area contributed by atoms with Crippen molar-refractivity contribution in [2.24, 2.45) is 17.8 Å². The van der Waals surface area contributed by atoms with Gasteiger partial charge in [0.1, 0.15) is 11.6 Å². The number of likely N-dealkylation sites (tertiary alicyclic amines) is 1. The Hall–Kier alpha value is -2.19. The Morgan fingerprint density at radius 2 is 1.81 bits per heavy atom. The van der Waals surface area contributed by atoms with Gasteiger partial charge in [0.2, 0.25) is 0 Å². The second kappa shape index (κ2) is 7.99. The summed E-state index contributed by atoms with van der Waals surface area (Å²) in [5.41, 5.74) is -0.118. The van der Waals surface area contributed by atoms with E-state index in [0.29, 0.717) is 47.9 Å². The molecule has 4 aliphatic rings. The third kappa shape index (κ3) is 3.77. The molecule has 0 spiro atoms. The number of benzene rings is 1. The van der Waals surface area contributed by atoms with Crippen molar-refractivity contribution in [3.63, 3.8) is 0 Å². The van der Waals surface area contributed by atoms with E-state index in [1.807, 2.05) is 0 Å². The maximum Gasteiger partial charge on any atom is 0.168 e. The molecule has 8 heteroatoms. The largest absolute Gasteiger partial charge is 0.375 e. The van der Waals surface area contributed by atoms with Crippen molar-refractivity contribution in [2.75, 3.05) is 25.0 Å². The molecule has 3 aliphatic heterocycles. The summed E-state index contributed by atoms with van der Waals surface area (Å²) >= 11 is 0. The molecule has 32 heavy (non-hydrogen) atoms. The molecular weight excluding hydrogens is 417 g/mol. The number of halogens is 3. The molecule has 5 nitrogen and oxygen atoms in total. The highest BCUT2D eigenvalue weighted by atomic mass is 19.2. The minimum Gasteiger partial charge on any atom is -0.375 e. The molecule has 1 aliphatic carbocycles. The normalized spacial score (nSPS) is 33.7. The molecule has 1 N–H and O–H groups in total. The summed E-state index contributed by atoms with van der Waals surface area (Å²) in [4.78, 5) is 2.64. The summed E-state index contributed by atoms with van der Waals surface area (Å²) in [5, 5.41) is 11.6. The fourth-order valence-corrected chi connectivity index (χ4v) is 6.44. The van der Waals surface area contributed by atoms with E-state index in [1.165, 1.54) is 25.8 Å². The van der Waals surface area contributed by atoms with Gasteiger partial charge < -0.3 is 15.0 Å². The number of hydrogen-bond acceptors (Lipinski definition) is 5. The number of nitrogens with one attached hydrogen (secondary N) is 1. The molecule has 6 rings (SSSR count). The summed E-state index contributed by atoms with van der Waals surface area (Å²) in [7, 11) is 0. The quantitative estimate of drug-likeness (QED) is 0.699. The summed E-state index contributed by atoms with van der Waals surface area (Å²) in [5.74, 6) is -0.483. The van der Waals surface area contributed by atoms with Crippen LogP contribution in [-0.4, -0.2) is 53.0 Å². The van der Waals surface area contributed by atoms with Gasteiger partial charge in [-0.1, -0.05) is 0 Å². The highest BCUT2D eigenvalue weighted by molar-refractivity contribution is 5.60. The lowest BCUT2D eigenvalue weighted by Gasteiger charge is -2.26. The Labute approximate surface area is 185 Å². The predicted molar refractivity (Wildman–Crippen MR) is 113 cm³/mol. The lowest BCUT2D eigenvalue weighted by molar-refractivity contribution is 0.0854. The maximum atomic E-state index is 14.0. The van der Waals surface area contributed by atoms with Gasteiger partial charge in [-0.3, -0.25) is 0 Å². The van der Waals surface area contributed by atoms with Crippen molar-refractivity contribution in [1.29, 1.82) is 0 Å². The van der Waals surface area contributed by atoms with Crippen LogP contribution in [0.1, 0.15) is 32.1 Å². The zero-order valence-corrected chi connectivity index (χ0v) is 17.8. The van der Waals surface area contributed by atoms with Crippen LogP contribution in [0.4, 0.5) is 19.0 Å². The molecule has 1 saturated carbocycles. The number of fused-ring (bicyclic) bond motifs is 3. The molecule has 170 valence electrons. The van der Waals surface area contributed by atoms with Gasteiger partial charge in [-0.05, 0) is 62.1 Å². The van der Waals surface area contributed by atoms with Crippen molar-refractivity contribution < 1.29 is 17.9 Å². The molecule has 6 atom stereocenters. The van der Waals surface area contributed by atoms with Gasteiger partial charge in [-0.25, -0.2) is 13.2 Å². The van der Waals surface area contributed by atoms with Crippen molar-refractivity contribution >= 4 is 5.82 Å². The predicted octanol–water partition coefficient (Wildman–Crippen LogP) is 4.25. The molecule has 0 amide bonds. The third-order valence-electron chi connectivity index (χ3n) is 7.84. The summed E-state index contributed by atoms with van der Waals surface area (Å²) in [6.07, 6.45) is 6.93. The van der Waals surface area contributed by atoms with E-state index in [2.05, 4.69) is 20.4 Å². The summed E-state index contributed by atoms with van der Waals surface area (Å²) < 4.78 is 47.0. The smallest absolute Gasteiger partial charge is 0.168 e. The molecular formula is C24H27F3N4O. The van der Waals surface area contributed by atoms with Gasteiger partial charge in [0, 0.05) is 43.2 Å². The van der Waals surface area contributed by atoms with Crippen LogP contribution < -0.4 is 5.32 Å². The number of aromatic nitrogens is 2. The second-order valence-electron chi connectivity index (χ2n) is 9.97. The first-order valence-electron chi connectivity index (χ1n) is 11.6. The summed E-state index contributed by atoms with van der Waals surface area (Å²) in [6, 6.07) is 5.02. The first-order chi connectivity index (χ1) is 15.5. The van der Waals surface area contributed by atoms with E-state index in [-0.39, 0.29) is 11.3 Å². The molecule has 1 aromatic heterocycles. The van der Waals surface area contributed by atoms with Crippen LogP contribution in [0, 0.1) is 35.2 Å². The summed E-state index contributed by atoms with van der Waals surface area (Å²) in [6.45, 7) is 3.49. The highest BCUT2D eigenvalue weighted by Crippen LogP contribution is 2.43. The zero-order valence-electron chi connectivity index (χ0n) is 17.8. The first-order valence-corrected chi connectivity index (χ1v) is 11.6. The van der Waals surface area contributed by atoms with Crippen LogP contribution in [0.5, 0.6) is 0 Å². The van der Waals surface area contributed by atoms with E-state index < -0.39 is 17.5 Å². The number of ether oxygens (including phenoxy) is 1. The van der Waals surface area contributed by atoms with Gasteiger partial charge in [0.05, 0.1) is 17.9 Å². The number of nitrogens with zero attached hydrogens (tertiary/aromatic N) is 3. The van der Waals surface area contributed by atoms with E-state index in [9.17, 15) is 13.2 Å². The topological polar surface area (TPSA) is 50.3 Å². The van der Waals surface area contributed by atoms with Crippen LogP contribution in [0.15, 0.2) is 24.3 Å². The van der Waals surface area contributed by atoms with Crippen molar-refractivity contribution in [2.45, 2.75) is 50.4 Å². The lowest BCUT2D eigenvalue weighted by Crippen LogP contribution is -2.33. The molecule has 2 unspecified atom stereocenters.